The smallest absolute Gasteiger partial charge is 0.311 e. The Hall–Kier alpha value is -2.19. The molecule has 0 aromatic heterocycles. The molecule has 1 fully saturated rings. The number of carbonyl (C=O) groups excluding carboxylic acids is 1. The number of piperazine rings is 1. The van der Waals surface area contributed by atoms with Crippen molar-refractivity contribution in [3.05, 3.63) is 33.9 Å². The molecule has 24 heavy (non-hydrogen) atoms. The Morgan fingerprint density at radius 2 is 2.04 bits per heavy atom. The van der Waals surface area contributed by atoms with Crippen LogP contribution in [0.5, 0.6) is 5.75 Å². The molecule has 1 N–H and O–H groups in total. The van der Waals surface area contributed by atoms with Crippen LogP contribution >= 0.6 is 0 Å². The van der Waals surface area contributed by atoms with Gasteiger partial charge in [0.25, 0.3) is 5.91 Å². The summed E-state index contributed by atoms with van der Waals surface area (Å²) >= 11 is 0. The van der Waals surface area contributed by atoms with Crippen LogP contribution in [0.2, 0.25) is 0 Å². The molecule has 0 aliphatic carbocycles. The van der Waals surface area contributed by atoms with Crippen molar-refractivity contribution >= 4 is 11.6 Å². The van der Waals surface area contributed by atoms with E-state index < -0.39 is 4.92 Å². The first-order valence-corrected chi connectivity index (χ1v) is 8.03. The first-order chi connectivity index (χ1) is 11.5. The lowest BCUT2D eigenvalue weighted by atomic mass is 10.1. The molecule has 1 aliphatic rings. The molecule has 8 nitrogen and oxygen atoms in total. The lowest BCUT2D eigenvalue weighted by Gasteiger charge is -2.32. The zero-order valence-corrected chi connectivity index (χ0v) is 14.2. The summed E-state index contributed by atoms with van der Waals surface area (Å²) in [6, 6.07) is 4.22. The van der Waals surface area contributed by atoms with Crippen LogP contribution in [0.15, 0.2) is 18.2 Å². The summed E-state index contributed by atoms with van der Waals surface area (Å²) in [5.74, 6) is -0.161. The van der Waals surface area contributed by atoms with Gasteiger partial charge in [-0.15, -0.1) is 0 Å². The largest absolute Gasteiger partial charge is 0.490 e. The summed E-state index contributed by atoms with van der Waals surface area (Å²) in [6.07, 6.45) is 0.855. The number of hydrogen-bond acceptors (Lipinski definition) is 6. The van der Waals surface area contributed by atoms with Crippen LogP contribution in [-0.2, 0) is 0 Å². The predicted molar refractivity (Wildman–Crippen MR) is 90.5 cm³/mol. The minimum atomic E-state index is -0.553. The molecule has 0 spiro atoms. The summed E-state index contributed by atoms with van der Waals surface area (Å²) in [5, 5.41) is 13.8. The number of nitro benzene ring substituents is 1. The lowest BCUT2D eigenvalue weighted by molar-refractivity contribution is -0.385. The van der Waals surface area contributed by atoms with Crippen LogP contribution in [0.3, 0.4) is 0 Å². The van der Waals surface area contributed by atoms with E-state index in [-0.39, 0.29) is 22.9 Å². The number of hydrogen-bond donors (Lipinski definition) is 1. The van der Waals surface area contributed by atoms with Gasteiger partial charge in [0.2, 0.25) is 0 Å². The van der Waals surface area contributed by atoms with Crippen LogP contribution in [0.4, 0.5) is 5.69 Å². The van der Waals surface area contributed by atoms with Crippen LogP contribution in [-0.4, -0.2) is 74.1 Å². The molecule has 0 radical (unpaired) electrons. The summed E-state index contributed by atoms with van der Waals surface area (Å²) in [7, 11) is 3.48. The average Bonchev–Trinajstić information content (AvgIpc) is 2.59. The Bertz CT molecular complexity index is 585. The third kappa shape index (κ3) is 4.90. The first kappa shape index (κ1) is 18.2. The van der Waals surface area contributed by atoms with Gasteiger partial charge in [0.15, 0.2) is 5.75 Å². The van der Waals surface area contributed by atoms with Crippen LogP contribution in [0.1, 0.15) is 16.8 Å². The molecule has 0 saturated carbocycles. The number of amides is 1. The number of methoxy groups -OCH3 is 1. The standard InChI is InChI=1S/C16H24N4O4/c1-18-8-10-19(11-9-18)7-3-6-17-16(21)13-4-5-15(24-2)14(12-13)20(22)23/h4-5,12H,3,6-11H2,1-2H3,(H,17,21). The number of nitrogens with one attached hydrogen (secondary N) is 1. The SMILES string of the molecule is COc1ccc(C(=O)NCCCN2CCN(C)CC2)cc1[N+](=O)[O-]. The van der Waals surface area contributed by atoms with Crippen molar-refractivity contribution < 1.29 is 14.5 Å². The minimum absolute atomic E-state index is 0.145. The summed E-state index contributed by atoms with van der Waals surface area (Å²) in [5.41, 5.74) is 0.0599. The number of rotatable bonds is 7. The first-order valence-electron chi connectivity index (χ1n) is 8.03. The van der Waals surface area contributed by atoms with E-state index in [2.05, 4.69) is 22.2 Å². The highest BCUT2D eigenvalue weighted by Crippen LogP contribution is 2.27. The van der Waals surface area contributed by atoms with Gasteiger partial charge in [0.05, 0.1) is 12.0 Å². The predicted octanol–water partition coefficient (Wildman–Crippen LogP) is 0.971. The zero-order valence-electron chi connectivity index (χ0n) is 14.2. The number of carbonyl (C=O) groups is 1. The monoisotopic (exact) mass is 336 g/mol. The molecule has 1 heterocycles. The molecule has 1 amide bonds. The molecule has 0 bridgehead atoms. The summed E-state index contributed by atoms with van der Waals surface area (Å²) in [4.78, 5) is 27.2. The van der Waals surface area contributed by atoms with Gasteiger partial charge in [-0.3, -0.25) is 14.9 Å². The third-order valence-electron chi connectivity index (χ3n) is 4.17. The van der Waals surface area contributed by atoms with Gasteiger partial charge in [0, 0.05) is 44.4 Å². The zero-order chi connectivity index (χ0) is 17.5. The van der Waals surface area contributed by atoms with Crippen molar-refractivity contribution in [3.8, 4) is 5.75 Å². The maximum atomic E-state index is 12.1. The summed E-state index contributed by atoms with van der Waals surface area (Å²) < 4.78 is 4.93. The van der Waals surface area contributed by atoms with E-state index in [1.807, 2.05) is 0 Å². The highest BCUT2D eigenvalue weighted by atomic mass is 16.6. The second-order valence-corrected chi connectivity index (χ2v) is 5.90. The maximum Gasteiger partial charge on any atom is 0.311 e. The Balaban J connectivity index is 1.80. The van der Waals surface area contributed by atoms with Gasteiger partial charge in [-0.05, 0) is 32.1 Å². The summed E-state index contributed by atoms with van der Waals surface area (Å²) in [6.45, 7) is 5.73. The average molecular weight is 336 g/mol. The molecule has 2 rings (SSSR count). The van der Waals surface area contributed by atoms with Crippen LogP contribution < -0.4 is 10.1 Å². The fourth-order valence-corrected chi connectivity index (χ4v) is 2.65. The number of nitro groups is 1. The highest BCUT2D eigenvalue weighted by Gasteiger charge is 2.18. The van der Waals surface area contributed by atoms with Crippen LogP contribution in [0, 0.1) is 10.1 Å². The number of nitrogens with zero attached hydrogens (tertiary/aromatic N) is 3. The van der Waals surface area contributed by atoms with Crippen molar-refractivity contribution in [3.63, 3.8) is 0 Å². The molecule has 1 saturated heterocycles. The van der Waals surface area contributed by atoms with Crippen molar-refractivity contribution in [1.82, 2.24) is 15.1 Å². The Morgan fingerprint density at radius 1 is 1.33 bits per heavy atom. The van der Waals surface area contributed by atoms with Gasteiger partial charge in [0.1, 0.15) is 0 Å². The van der Waals surface area contributed by atoms with Crippen molar-refractivity contribution in [2.24, 2.45) is 0 Å². The van der Waals surface area contributed by atoms with Crippen molar-refractivity contribution in [2.45, 2.75) is 6.42 Å². The van der Waals surface area contributed by atoms with E-state index in [4.69, 9.17) is 4.74 Å². The van der Waals surface area contributed by atoms with E-state index in [0.29, 0.717) is 6.54 Å². The lowest BCUT2D eigenvalue weighted by Crippen LogP contribution is -2.45. The van der Waals surface area contributed by atoms with Gasteiger partial charge in [-0.25, -0.2) is 0 Å². The normalized spacial score (nSPS) is 15.9. The van der Waals surface area contributed by atoms with Gasteiger partial charge >= 0.3 is 5.69 Å². The Kier molecular flexibility index (Phi) is 6.51. The molecule has 1 aromatic carbocycles. The molecule has 1 aromatic rings. The molecular formula is C16H24N4O4. The molecule has 0 unspecified atom stereocenters. The molecule has 0 atom stereocenters. The van der Waals surface area contributed by atoms with Crippen molar-refractivity contribution in [1.29, 1.82) is 0 Å². The Morgan fingerprint density at radius 3 is 2.67 bits per heavy atom. The van der Waals surface area contributed by atoms with Crippen LogP contribution in [0.25, 0.3) is 0 Å². The topological polar surface area (TPSA) is 88.0 Å². The fourth-order valence-electron chi connectivity index (χ4n) is 2.65. The van der Waals surface area contributed by atoms with Crippen molar-refractivity contribution in [2.75, 3.05) is 53.4 Å². The van der Waals surface area contributed by atoms with Gasteiger partial charge in [-0.2, -0.15) is 0 Å². The van der Waals surface area contributed by atoms with Gasteiger partial charge < -0.3 is 19.9 Å². The highest BCUT2D eigenvalue weighted by molar-refractivity contribution is 5.95. The second kappa shape index (κ2) is 8.60. The molecular weight excluding hydrogens is 312 g/mol. The number of ether oxygens (including phenoxy) is 1. The van der Waals surface area contributed by atoms with E-state index in [9.17, 15) is 14.9 Å². The van der Waals surface area contributed by atoms with E-state index in [1.54, 1.807) is 0 Å². The fraction of sp³-hybridized carbons (Fsp3) is 0.562. The molecule has 132 valence electrons. The number of likely N-dealkylation sites (N-methyl/N-ethyl adjacent to an activating group) is 1. The van der Waals surface area contributed by atoms with E-state index in [1.165, 1.54) is 25.3 Å². The number of benzene rings is 1. The third-order valence-corrected chi connectivity index (χ3v) is 4.17. The van der Waals surface area contributed by atoms with Gasteiger partial charge in [-0.1, -0.05) is 0 Å². The quantitative estimate of drug-likeness (QED) is 0.453. The molecule has 8 heteroatoms. The molecule has 1 aliphatic heterocycles. The van der Waals surface area contributed by atoms with E-state index in [0.717, 1.165) is 39.1 Å². The maximum absolute atomic E-state index is 12.1. The Labute approximate surface area is 141 Å². The van der Waals surface area contributed by atoms with E-state index >= 15 is 0 Å². The minimum Gasteiger partial charge on any atom is -0.490 e. The second-order valence-electron chi connectivity index (χ2n) is 5.90.